The van der Waals surface area contributed by atoms with E-state index in [4.69, 9.17) is 4.74 Å². The average Bonchev–Trinajstić information content (AvgIpc) is 2.69. The Hall–Kier alpha value is -3.73. The summed E-state index contributed by atoms with van der Waals surface area (Å²) in [6.45, 7) is 1.91. The van der Waals surface area contributed by atoms with Crippen molar-refractivity contribution in [1.29, 1.82) is 0 Å². The molecule has 0 atom stereocenters. The highest BCUT2D eigenvalue weighted by molar-refractivity contribution is 6.11. The van der Waals surface area contributed by atoms with E-state index in [0.717, 1.165) is 11.1 Å². The number of nitrogens with zero attached hydrogens (tertiary/aromatic N) is 2. The van der Waals surface area contributed by atoms with E-state index < -0.39 is 0 Å². The average molecular weight is 355 g/mol. The molecule has 2 aromatic heterocycles. The summed E-state index contributed by atoms with van der Waals surface area (Å²) in [4.78, 5) is 21.3. The van der Waals surface area contributed by atoms with Crippen LogP contribution in [0.1, 0.15) is 16.1 Å². The molecule has 2 aromatic carbocycles. The van der Waals surface area contributed by atoms with Gasteiger partial charge in [-0.05, 0) is 55.5 Å². The third kappa shape index (κ3) is 3.77. The molecule has 5 nitrogen and oxygen atoms in total. The SMILES string of the molecule is Cc1ccc2cccc(C(=O)Nc3ccc(Oc4cccnc4)cc3)c2n1. The summed E-state index contributed by atoms with van der Waals surface area (Å²) in [6, 6.07) is 20.3. The highest BCUT2D eigenvalue weighted by Gasteiger charge is 2.11. The van der Waals surface area contributed by atoms with E-state index in [0.29, 0.717) is 28.3 Å². The van der Waals surface area contributed by atoms with Gasteiger partial charge in [0.2, 0.25) is 0 Å². The van der Waals surface area contributed by atoms with Crippen molar-refractivity contribution >= 4 is 22.5 Å². The van der Waals surface area contributed by atoms with Gasteiger partial charge in [0.15, 0.2) is 0 Å². The smallest absolute Gasteiger partial charge is 0.257 e. The first-order valence-electron chi connectivity index (χ1n) is 8.55. The monoisotopic (exact) mass is 355 g/mol. The number of carbonyl (C=O) groups is 1. The number of carbonyl (C=O) groups excluding carboxylic acids is 1. The second kappa shape index (κ2) is 7.25. The topological polar surface area (TPSA) is 64.1 Å². The molecule has 0 unspecified atom stereocenters. The van der Waals surface area contributed by atoms with Gasteiger partial charge in [-0.1, -0.05) is 18.2 Å². The molecule has 1 amide bonds. The van der Waals surface area contributed by atoms with Crippen molar-refractivity contribution in [2.75, 3.05) is 5.32 Å². The van der Waals surface area contributed by atoms with Crippen molar-refractivity contribution in [1.82, 2.24) is 9.97 Å². The van der Waals surface area contributed by atoms with Gasteiger partial charge in [0.25, 0.3) is 5.91 Å². The van der Waals surface area contributed by atoms with Crippen LogP contribution in [-0.2, 0) is 0 Å². The highest BCUT2D eigenvalue weighted by atomic mass is 16.5. The number of anilines is 1. The molecule has 132 valence electrons. The van der Waals surface area contributed by atoms with Gasteiger partial charge in [-0.25, -0.2) is 0 Å². The number of aryl methyl sites for hydroxylation is 1. The number of amides is 1. The van der Waals surface area contributed by atoms with Gasteiger partial charge in [0, 0.05) is 23.0 Å². The Morgan fingerprint density at radius 2 is 1.78 bits per heavy atom. The number of hydrogen-bond acceptors (Lipinski definition) is 4. The fraction of sp³-hybridized carbons (Fsp3) is 0.0455. The van der Waals surface area contributed by atoms with Gasteiger partial charge in [0.1, 0.15) is 11.5 Å². The van der Waals surface area contributed by atoms with Crippen LogP contribution in [0.4, 0.5) is 5.69 Å². The molecule has 5 heteroatoms. The van der Waals surface area contributed by atoms with Crippen molar-refractivity contribution in [3.8, 4) is 11.5 Å². The molecule has 0 fully saturated rings. The maximum atomic E-state index is 12.7. The van der Waals surface area contributed by atoms with E-state index in [-0.39, 0.29) is 5.91 Å². The highest BCUT2D eigenvalue weighted by Crippen LogP contribution is 2.23. The number of aromatic nitrogens is 2. The fourth-order valence-electron chi connectivity index (χ4n) is 2.78. The molecule has 4 rings (SSSR count). The van der Waals surface area contributed by atoms with Gasteiger partial charge in [0.05, 0.1) is 17.3 Å². The molecule has 0 bridgehead atoms. The van der Waals surface area contributed by atoms with Crippen LogP contribution in [0.3, 0.4) is 0 Å². The van der Waals surface area contributed by atoms with Gasteiger partial charge < -0.3 is 10.1 Å². The number of ether oxygens (including phenoxy) is 1. The molecule has 2 heterocycles. The van der Waals surface area contributed by atoms with E-state index in [2.05, 4.69) is 15.3 Å². The zero-order valence-corrected chi connectivity index (χ0v) is 14.7. The number of benzene rings is 2. The zero-order chi connectivity index (χ0) is 18.6. The van der Waals surface area contributed by atoms with Crippen LogP contribution in [-0.4, -0.2) is 15.9 Å². The Morgan fingerprint density at radius 3 is 2.56 bits per heavy atom. The van der Waals surface area contributed by atoms with Crippen LogP contribution >= 0.6 is 0 Å². The van der Waals surface area contributed by atoms with E-state index in [1.54, 1.807) is 42.7 Å². The lowest BCUT2D eigenvalue weighted by Gasteiger charge is -2.09. The normalized spacial score (nSPS) is 10.6. The first kappa shape index (κ1) is 16.7. The lowest BCUT2D eigenvalue weighted by Crippen LogP contribution is -2.12. The molecule has 4 aromatic rings. The zero-order valence-electron chi connectivity index (χ0n) is 14.7. The fourth-order valence-corrected chi connectivity index (χ4v) is 2.78. The van der Waals surface area contributed by atoms with Gasteiger partial charge in [-0.3, -0.25) is 14.8 Å². The number of pyridine rings is 2. The van der Waals surface area contributed by atoms with Crippen LogP contribution in [0.25, 0.3) is 10.9 Å². The lowest BCUT2D eigenvalue weighted by molar-refractivity contribution is 0.102. The number of nitrogens with one attached hydrogen (secondary N) is 1. The maximum absolute atomic E-state index is 12.7. The predicted molar refractivity (Wildman–Crippen MR) is 105 cm³/mol. The molecule has 0 spiro atoms. The van der Waals surface area contributed by atoms with Crippen LogP contribution in [0.15, 0.2) is 79.1 Å². The minimum absolute atomic E-state index is 0.195. The Labute approximate surface area is 156 Å². The Morgan fingerprint density at radius 1 is 0.926 bits per heavy atom. The summed E-state index contributed by atoms with van der Waals surface area (Å²) < 4.78 is 5.71. The van der Waals surface area contributed by atoms with Crippen molar-refractivity contribution in [3.05, 3.63) is 90.4 Å². The van der Waals surface area contributed by atoms with Gasteiger partial charge in [-0.15, -0.1) is 0 Å². The molecule has 0 radical (unpaired) electrons. The molecule has 0 saturated carbocycles. The summed E-state index contributed by atoms with van der Waals surface area (Å²) in [5.74, 6) is 1.13. The number of hydrogen-bond donors (Lipinski definition) is 1. The lowest BCUT2D eigenvalue weighted by atomic mass is 10.1. The van der Waals surface area contributed by atoms with E-state index in [1.165, 1.54) is 0 Å². The molecule has 0 aliphatic heterocycles. The van der Waals surface area contributed by atoms with E-state index in [9.17, 15) is 4.79 Å². The Kier molecular flexibility index (Phi) is 4.49. The Balaban J connectivity index is 1.52. The number of rotatable bonds is 4. The summed E-state index contributed by atoms with van der Waals surface area (Å²) in [5.41, 5.74) is 2.81. The maximum Gasteiger partial charge on any atom is 0.257 e. The second-order valence-electron chi connectivity index (χ2n) is 6.10. The molecular weight excluding hydrogens is 338 g/mol. The quantitative estimate of drug-likeness (QED) is 0.560. The Bertz CT molecular complexity index is 1090. The molecule has 0 aliphatic rings. The molecular formula is C22H17N3O2. The summed E-state index contributed by atoms with van der Waals surface area (Å²) >= 11 is 0. The van der Waals surface area contributed by atoms with Crippen LogP contribution in [0.2, 0.25) is 0 Å². The van der Waals surface area contributed by atoms with Crippen molar-refractivity contribution in [3.63, 3.8) is 0 Å². The van der Waals surface area contributed by atoms with E-state index >= 15 is 0 Å². The van der Waals surface area contributed by atoms with Crippen molar-refractivity contribution < 1.29 is 9.53 Å². The largest absolute Gasteiger partial charge is 0.456 e. The second-order valence-corrected chi connectivity index (χ2v) is 6.10. The first-order valence-corrected chi connectivity index (χ1v) is 8.55. The minimum atomic E-state index is -0.195. The third-order valence-corrected chi connectivity index (χ3v) is 4.09. The van der Waals surface area contributed by atoms with Crippen molar-refractivity contribution in [2.45, 2.75) is 6.92 Å². The summed E-state index contributed by atoms with van der Waals surface area (Å²) in [5, 5.41) is 3.85. The predicted octanol–water partition coefficient (Wildman–Crippen LogP) is 4.98. The number of para-hydroxylation sites is 1. The third-order valence-electron chi connectivity index (χ3n) is 4.09. The van der Waals surface area contributed by atoms with Crippen LogP contribution < -0.4 is 10.1 Å². The summed E-state index contributed by atoms with van der Waals surface area (Å²) in [6.07, 6.45) is 3.33. The molecule has 0 aliphatic carbocycles. The molecule has 0 saturated heterocycles. The first-order chi connectivity index (χ1) is 13.2. The minimum Gasteiger partial charge on any atom is -0.456 e. The van der Waals surface area contributed by atoms with Crippen LogP contribution in [0.5, 0.6) is 11.5 Å². The van der Waals surface area contributed by atoms with E-state index in [1.807, 2.05) is 43.3 Å². The van der Waals surface area contributed by atoms with Crippen molar-refractivity contribution in [2.24, 2.45) is 0 Å². The number of fused-ring (bicyclic) bond motifs is 1. The van der Waals surface area contributed by atoms with Gasteiger partial charge in [-0.2, -0.15) is 0 Å². The summed E-state index contributed by atoms with van der Waals surface area (Å²) in [7, 11) is 0. The van der Waals surface area contributed by atoms with Gasteiger partial charge >= 0.3 is 0 Å². The molecule has 1 N–H and O–H groups in total. The standard InChI is InChI=1S/C22H17N3O2/c1-15-7-8-16-4-2-6-20(21(16)24-15)22(26)25-17-9-11-18(12-10-17)27-19-5-3-13-23-14-19/h2-14H,1H3,(H,25,26). The van der Waals surface area contributed by atoms with Crippen LogP contribution in [0, 0.1) is 6.92 Å². The molecule has 27 heavy (non-hydrogen) atoms.